The number of benzene rings is 1. The highest BCUT2D eigenvalue weighted by atomic mass is 19.4. The van der Waals surface area contributed by atoms with Crippen LogP contribution in [0.3, 0.4) is 0 Å². The van der Waals surface area contributed by atoms with E-state index in [4.69, 9.17) is 0 Å². The van der Waals surface area contributed by atoms with Crippen molar-refractivity contribution in [1.29, 1.82) is 0 Å². The third-order valence-electron chi connectivity index (χ3n) is 4.86. The van der Waals surface area contributed by atoms with Crippen LogP contribution in [-0.2, 0) is 4.79 Å². The molecular formula is C19H23F3N2O2. The molecule has 0 radical (unpaired) electrons. The fourth-order valence-electron chi connectivity index (χ4n) is 3.62. The Labute approximate surface area is 151 Å². The van der Waals surface area contributed by atoms with E-state index in [2.05, 4.69) is 9.64 Å². The first-order valence-corrected chi connectivity index (χ1v) is 8.97. The molecule has 7 heteroatoms. The van der Waals surface area contributed by atoms with Crippen molar-refractivity contribution in [1.82, 2.24) is 9.80 Å². The van der Waals surface area contributed by atoms with Crippen molar-refractivity contribution in [3.63, 3.8) is 0 Å². The lowest BCUT2D eigenvalue weighted by molar-refractivity contribution is -0.274. The lowest BCUT2D eigenvalue weighted by Gasteiger charge is -2.27. The summed E-state index contributed by atoms with van der Waals surface area (Å²) in [6.45, 7) is 3.92. The van der Waals surface area contributed by atoms with Crippen molar-refractivity contribution < 1.29 is 22.7 Å². The van der Waals surface area contributed by atoms with E-state index in [1.165, 1.54) is 43.2 Å². The van der Waals surface area contributed by atoms with Crippen LogP contribution in [0.1, 0.15) is 31.2 Å². The molecule has 1 atom stereocenters. The first-order chi connectivity index (χ1) is 12.4. The van der Waals surface area contributed by atoms with Crippen LogP contribution in [0.15, 0.2) is 30.3 Å². The summed E-state index contributed by atoms with van der Waals surface area (Å²) in [7, 11) is 0. The summed E-state index contributed by atoms with van der Waals surface area (Å²) in [4.78, 5) is 16.8. The minimum atomic E-state index is -4.70. The smallest absolute Gasteiger partial charge is 0.406 e. The van der Waals surface area contributed by atoms with Gasteiger partial charge in [0.05, 0.1) is 0 Å². The quantitative estimate of drug-likeness (QED) is 0.744. The van der Waals surface area contributed by atoms with Crippen LogP contribution in [0.2, 0.25) is 0 Å². The molecule has 4 nitrogen and oxygen atoms in total. The standard InChI is InChI=1S/C19H23F3N2O2/c20-19(21,22)26-17-8-5-15(6-9-17)7-10-18(25)24-13-3-4-16(24)14-23-11-1-2-12-23/h5-10,16H,1-4,11-14H2/t16-/m0/s1. The molecule has 2 aliphatic heterocycles. The zero-order chi connectivity index (χ0) is 18.6. The highest BCUT2D eigenvalue weighted by molar-refractivity contribution is 5.92. The summed E-state index contributed by atoms with van der Waals surface area (Å²) >= 11 is 0. The van der Waals surface area contributed by atoms with Crippen LogP contribution in [0, 0.1) is 0 Å². The number of halogens is 3. The molecule has 26 heavy (non-hydrogen) atoms. The van der Waals surface area contributed by atoms with Gasteiger partial charge in [0.25, 0.3) is 0 Å². The first-order valence-electron chi connectivity index (χ1n) is 8.97. The van der Waals surface area contributed by atoms with E-state index in [1.807, 2.05) is 4.90 Å². The summed E-state index contributed by atoms with van der Waals surface area (Å²) in [6.07, 6.45) is 2.94. The number of nitrogens with zero attached hydrogens (tertiary/aromatic N) is 2. The second-order valence-electron chi connectivity index (χ2n) is 6.79. The van der Waals surface area contributed by atoms with Crippen LogP contribution < -0.4 is 4.74 Å². The van der Waals surface area contributed by atoms with Gasteiger partial charge < -0.3 is 14.5 Å². The van der Waals surface area contributed by atoms with Gasteiger partial charge in [-0.05, 0) is 62.5 Å². The lowest BCUT2D eigenvalue weighted by atomic mass is 10.2. The summed E-state index contributed by atoms with van der Waals surface area (Å²) in [5, 5.41) is 0. The zero-order valence-electron chi connectivity index (χ0n) is 14.5. The van der Waals surface area contributed by atoms with Gasteiger partial charge in [-0.15, -0.1) is 13.2 Å². The number of alkyl halides is 3. The fraction of sp³-hybridized carbons (Fsp3) is 0.526. The molecule has 2 aliphatic rings. The van der Waals surface area contributed by atoms with Gasteiger partial charge in [-0.2, -0.15) is 0 Å². The van der Waals surface area contributed by atoms with Gasteiger partial charge in [0, 0.05) is 25.2 Å². The third-order valence-corrected chi connectivity index (χ3v) is 4.86. The number of carbonyl (C=O) groups is 1. The van der Waals surface area contributed by atoms with E-state index in [1.54, 1.807) is 6.08 Å². The highest BCUT2D eigenvalue weighted by Gasteiger charge is 2.31. The lowest BCUT2D eigenvalue weighted by Crippen LogP contribution is -2.41. The van der Waals surface area contributed by atoms with Gasteiger partial charge in [0.1, 0.15) is 5.75 Å². The highest BCUT2D eigenvalue weighted by Crippen LogP contribution is 2.24. The van der Waals surface area contributed by atoms with E-state index in [0.29, 0.717) is 5.56 Å². The maximum absolute atomic E-state index is 12.5. The van der Waals surface area contributed by atoms with Gasteiger partial charge in [-0.3, -0.25) is 4.79 Å². The van der Waals surface area contributed by atoms with Gasteiger partial charge in [0.15, 0.2) is 0 Å². The van der Waals surface area contributed by atoms with E-state index in [9.17, 15) is 18.0 Å². The number of hydrogen-bond donors (Lipinski definition) is 0. The monoisotopic (exact) mass is 368 g/mol. The Balaban J connectivity index is 1.56. The Morgan fingerprint density at radius 2 is 1.81 bits per heavy atom. The van der Waals surface area contributed by atoms with Crippen molar-refractivity contribution in [3.05, 3.63) is 35.9 Å². The first kappa shape index (κ1) is 18.8. The van der Waals surface area contributed by atoms with Gasteiger partial charge in [-0.1, -0.05) is 12.1 Å². The summed E-state index contributed by atoms with van der Waals surface area (Å²) in [6, 6.07) is 5.73. The molecular weight excluding hydrogens is 345 g/mol. The van der Waals surface area contributed by atoms with Crippen LogP contribution in [-0.4, -0.2) is 54.3 Å². The number of ether oxygens (including phenoxy) is 1. The number of likely N-dealkylation sites (tertiary alicyclic amines) is 2. The van der Waals surface area contributed by atoms with E-state index in [0.717, 1.165) is 39.0 Å². The fourth-order valence-corrected chi connectivity index (χ4v) is 3.62. The van der Waals surface area contributed by atoms with E-state index < -0.39 is 6.36 Å². The molecule has 3 rings (SSSR count). The van der Waals surface area contributed by atoms with Gasteiger partial charge in [-0.25, -0.2) is 0 Å². The molecule has 0 saturated carbocycles. The minimum Gasteiger partial charge on any atom is -0.406 e. The number of amides is 1. The molecule has 2 heterocycles. The number of hydrogen-bond acceptors (Lipinski definition) is 3. The van der Waals surface area contributed by atoms with Crippen LogP contribution in [0.4, 0.5) is 13.2 Å². The molecule has 1 aromatic carbocycles. The second kappa shape index (κ2) is 8.12. The average Bonchev–Trinajstić information content (AvgIpc) is 3.25. The predicted octanol–water partition coefficient (Wildman–Crippen LogP) is 3.69. The van der Waals surface area contributed by atoms with Crippen LogP contribution >= 0.6 is 0 Å². The van der Waals surface area contributed by atoms with Gasteiger partial charge >= 0.3 is 6.36 Å². The molecule has 142 valence electrons. The molecule has 0 bridgehead atoms. The Hall–Kier alpha value is -2.02. The Bertz CT molecular complexity index is 637. The zero-order valence-corrected chi connectivity index (χ0v) is 14.5. The van der Waals surface area contributed by atoms with Gasteiger partial charge in [0.2, 0.25) is 5.91 Å². The maximum Gasteiger partial charge on any atom is 0.573 e. The van der Waals surface area contributed by atoms with Crippen LogP contribution in [0.5, 0.6) is 5.75 Å². The number of rotatable bonds is 5. The molecule has 0 N–H and O–H groups in total. The molecule has 0 unspecified atom stereocenters. The Morgan fingerprint density at radius 1 is 1.12 bits per heavy atom. The average molecular weight is 368 g/mol. The molecule has 1 aromatic rings. The molecule has 2 saturated heterocycles. The number of carbonyl (C=O) groups excluding carboxylic acids is 1. The van der Waals surface area contributed by atoms with Crippen molar-refractivity contribution in [2.75, 3.05) is 26.2 Å². The third kappa shape index (κ3) is 5.24. The van der Waals surface area contributed by atoms with E-state index in [-0.39, 0.29) is 17.7 Å². The Morgan fingerprint density at radius 3 is 2.46 bits per heavy atom. The molecule has 2 fully saturated rings. The van der Waals surface area contributed by atoms with Crippen molar-refractivity contribution in [3.8, 4) is 5.75 Å². The van der Waals surface area contributed by atoms with Crippen LogP contribution in [0.25, 0.3) is 6.08 Å². The molecule has 0 spiro atoms. The van der Waals surface area contributed by atoms with Crippen molar-refractivity contribution in [2.45, 2.75) is 38.1 Å². The molecule has 1 amide bonds. The SMILES string of the molecule is O=C(C=Cc1ccc(OC(F)(F)F)cc1)N1CCC[C@H]1CN1CCCC1. The normalized spacial score (nSPS) is 21.7. The molecule has 0 aromatic heterocycles. The minimum absolute atomic E-state index is 0.0395. The molecule has 0 aliphatic carbocycles. The topological polar surface area (TPSA) is 32.8 Å². The second-order valence-corrected chi connectivity index (χ2v) is 6.79. The van der Waals surface area contributed by atoms with Crippen molar-refractivity contribution in [2.24, 2.45) is 0 Å². The summed E-state index contributed by atoms with van der Waals surface area (Å²) < 4.78 is 40.3. The predicted molar refractivity (Wildman–Crippen MR) is 92.6 cm³/mol. The summed E-state index contributed by atoms with van der Waals surface area (Å²) in [5.74, 6) is -0.312. The summed E-state index contributed by atoms with van der Waals surface area (Å²) in [5.41, 5.74) is 0.656. The largest absolute Gasteiger partial charge is 0.573 e. The Kier molecular flexibility index (Phi) is 5.86. The maximum atomic E-state index is 12.5. The van der Waals surface area contributed by atoms with E-state index >= 15 is 0 Å². The van der Waals surface area contributed by atoms with Crippen molar-refractivity contribution >= 4 is 12.0 Å².